The van der Waals surface area contributed by atoms with Gasteiger partial charge in [-0.05, 0) is 61.9 Å². The SMILES string of the molecule is CCOc1ccc(NC(=O)CC(=O)Nc2ccc(Br)c(C)c2)cc1. The summed E-state index contributed by atoms with van der Waals surface area (Å²) in [7, 11) is 0. The number of benzene rings is 2. The quantitative estimate of drug-likeness (QED) is 0.728. The van der Waals surface area contributed by atoms with Crippen molar-refractivity contribution in [3.05, 3.63) is 52.5 Å². The van der Waals surface area contributed by atoms with Gasteiger partial charge < -0.3 is 15.4 Å². The number of rotatable bonds is 6. The van der Waals surface area contributed by atoms with E-state index < -0.39 is 0 Å². The molecule has 2 rings (SSSR count). The molecule has 2 N–H and O–H groups in total. The molecule has 2 amide bonds. The van der Waals surface area contributed by atoms with E-state index in [4.69, 9.17) is 4.74 Å². The van der Waals surface area contributed by atoms with Gasteiger partial charge in [0.15, 0.2) is 0 Å². The van der Waals surface area contributed by atoms with E-state index in [9.17, 15) is 9.59 Å². The van der Waals surface area contributed by atoms with Crippen LogP contribution < -0.4 is 15.4 Å². The molecule has 0 radical (unpaired) electrons. The number of hydrogen-bond acceptors (Lipinski definition) is 3. The summed E-state index contributed by atoms with van der Waals surface area (Å²) >= 11 is 3.40. The Morgan fingerprint density at radius 2 is 1.58 bits per heavy atom. The van der Waals surface area contributed by atoms with Gasteiger partial charge in [-0.3, -0.25) is 9.59 Å². The molecule has 126 valence electrons. The van der Waals surface area contributed by atoms with E-state index in [0.717, 1.165) is 15.8 Å². The molecule has 0 fully saturated rings. The van der Waals surface area contributed by atoms with Crippen LogP contribution in [0.2, 0.25) is 0 Å². The minimum absolute atomic E-state index is 0.248. The molecule has 5 nitrogen and oxygen atoms in total. The van der Waals surface area contributed by atoms with Crippen LogP contribution in [-0.2, 0) is 9.59 Å². The van der Waals surface area contributed by atoms with Crippen LogP contribution in [0.4, 0.5) is 11.4 Å². The third-order valence-corrected chi connectivity index (χ3v) is 4.10. The Morgan fingerprint density at radius 3 is 2.17 bits per heavy atom. The summed E-state index contributed by atoms with van der Waals surface area (Å²) in [5, 5.41) is 5.40. The maximum Gasteiger partial charge on any atom is 0.233 e. The number of carbonyl (C=O) groups is 2. The van der Waals surface area contributed by atoms with E-state index in [2.05, 4.69) is 26.6 Å². The first kappa shape index (κ1) is 18.0. The molecular weight excluding hydrogens is 372 g/mol. The van der Waals surface area contributed by atoms with Crippen LogP contribution in [0.3, 0.4) is 0 Å². The smallest absolute Gasteiger partial charge is 0.233 e. The minimum atomic E-state index is -0.370. The van der Waals surface area contributed by atoms with E-state index in [-0.39, 0.29) is 18.2 Å². The third-order valence-electron chi connectivity index (χ3n) is 3.21. The van der Waals surface area contributed by atoms with Crippen LogP contribution in [0, 0.1) is 6.92 Å². The van der Waals surface area contributed by atoms with Gasteiger partial charge in [-0.25, -0.2) is 0 Å². The van der Waals surface area contributed by atoms with Gasteiger partial charge in [0.25, 0.3) is 0 Å². The summed E-state index contributed by atoms with van der Waals surface area (Å²) in [5.41, 5.74) is 2.29. The van der Waals surface area contributed by atoms with Crippen LogP contribution in [0.15, 0.2) is 46.9 Å². The standard InChI is InChI=1S/C18H19BrN2O3/c1-3-24-15-7-4-13(5-8-15)20-17(22)11-18(23)21-14-6-9-16(19)12(2)10-14/h4-10H,3,11H2,1-2H3,(H,20,22)(H,21,23). The first-order valence-corrected chi connectivity index (χ1v) is 8.36. The largest absolute Gasteiger partial charge is 0.494 e. The fraction of sp³-hybridized carbons (Fsp3) is 0.222. The molecule has 0 aliphatic heterocycles. The summed E-state index contributed by atoms with van der Waals surface area (Å²) in [5.74, 6) is 0.00417. The van der Waals surface area contributed by atoms with Crippen LogP contribution in [0.25, 0.3) is 0 Å². The number of aryl methyl sites for hydroxylation is 1. The number of nitrogens with one attached hydrogen (secondary N) is 2. The van der Waals surface area contributed by atoms with Crippen molar-refractivity contribution >= 4 is 39.1 Å². The summed E-state index contributed by atoms with van der Waals surface area (Å²) < 4.78 is 6.30. The van der Waals surface area contributed by atoms with Crippen molar-refractivity contribution in [2.24, 2.45) is 0 Å². The van der Waals surface area contributed by atoms with Crippen molar-refractivity contribution in [3.63, 3.8) is 0 Å². The average molecular weight is 391 g/mol. The molecule has 0 atom stereocenters. The highest BCUT2D eigenvalue weighted by molar-refractivity contribution is 9.10. The Balaban J connectivity index is 1.86. The second-order valence-corrected chi connectivity index (χ2v) is 6.05. The fourth-order valence-electron chi connectivity index (χ4n) is 2.08. The highest BCUT2D eigenvalue weighted by Gasteiger charge is 2.10. The maximum atomic E-state index is 11.9. The van der Waals surface area contributed by atoms with E-state index in [1.165, 1.54) is 0 Å². The zero-order valence-electron chi connectivity index (χ0n) is 13.6. The molecule has 0 bridgehead atoms. The molecule has 0 aromatic heterocycles. The second kappa shape index (κ2) is 8.49. The van der Waals surface area contributed by atoms with Crippen LogP contribution >= 0.6 is 15.9 Å². The van der Waals surface area contributed by atoms with Gasteiger partial charge in [-0.15, -0.1) is 0 Å². The van der Waals surface area contributed by atoms with E-state index in [0.29, 0.717) is 18.0 Å². The van der Waals surface area contributed by atoms with Crippen molar-refractivity contribution in [1.29, 1.82) is 0 Å². The summed E-state index contributed by atoms with van der Waals surface area (Å²) in [6.07, 6.45) is -0.248. The molecule has 0 unspecified atom stereocenters. The average Bonchev–Trinajstić information content (AvgIpc) is 2.53. The molecule has 0 aliphatic rings. The monoisotopic (exact) mass is 390 g/mol. The molecule has 0 spiro atoms. The number of anilines is 2. The molecular formula is C18H19BrN2O3. The van der Waals surface area contributed by atoms with Crippen molar-refractivity contribution in [1.82, 2.24) is 0 Å². The lowest BCUT2D eigenvalue weighted by Gasteiger charge is -2.09. The molecule has 2 aromatic carbocycles. The van der Waals surface area contributed by atoms with Crippen LogP contribution in [0.1, 0.15) is 18.9 Å². The predicted molar refractivity (Wildman–Crippen MR) is 98.4 cm³/mol. The number of carbonyl (C=O) groups excluding carboxylic acids is 2. The third kappa shape index (κ3) is 5.38. The molecule has 0 aliphatic carbocycles. The highest BCUT2D eigenvalue weighted by atomic mass is 79.9. The highest BCUT2D eigenvalue weighted by Crippen LogP contribution is 2.20. The lowest BCUT2D eigenvalue weighted by Crippen LogP contribution is -2.21. The maximum absolute atomic E-state index is 11.9. The normalized spacial score (nSPS) is 10.1. The van der Waals surface area contributed by atoms with Crippen LogP contribution in [-0.4, -0.2) is 18.4 Å². The Kier molecular flexibility index (Phi) is 6.37. The lowest BCUT2D eigenvalue weighted by atomic mass is 10.2. The first-order valence-electron chi connectivity index (χ1n) is 7.56. The Bertz CT molecular complexity index is 730. The molecule has 24 heavy (non-hydrogen) atoms. The Morgan fingerprint density at radius 1 is 1.00 bits per heavy atom. The number of hydrogen-bond donors (Lipinski definition) is 2. The number of halogens is 1. The van der Waals surface area contributed by atoms with Crippen molar-refractivity contribution < 1.29 is 14.3 Å². The molecule has 0 heterocycles. The van der Waals surface area contributed by atoms with E-state index in [1.54, 1.807) is 30.3 Å². The minimum Gasteiger partial charge on any atom is -0.494 e. The number of amides is 2. The lowest BCUT2D eigenvalue weighted by molar-refractivity contribution is -0.123. The molecule has 6 heteroatoms. The van der Waals surface area contributed by atoms with Gasteiger partial charge in [0.05, 0.1) is 6.61 Å². The summed E-state index contributed by atoms with van der Waals surface area (Å²) in [4.78, 5) is 23.9. The molecule has 0 saturated carbocycles. The zero-order chi connectivity index (χ0) is 17.5. The van der Waals surface area contributed by atoms with Gasteiger partial charge in [-0.2, -0.15) is 0 Å². The van der Waals surface area contributed by atoms with Crippen LogP contribution in [0.5, 0.6) is 5.75 Å². The van der Waals surface area contributed by atoms with Crippen molar-refractivity contribution in [2.75, 3.05) is 17.2 Å². The summed E-state index contributed by atoms with van der Waals surface area (Å²) in [6, 6.07) is 12.5. The molecule has 2 aromatic rings. The van der Waals surface area contributed by atoms with Gasteiger partial charge >= 0.3 is 0 Å². The van der Waals surface area contributed by atoms with Crippen molar-refractivity contribution in [2.45, 2.75) is 20.3 Å². The van der Waals surface area contributed by atoms with E-state index in [1.807, 2.05) is 26.0 Å². The predicted octanol–water partition coefficient (Wildman–Crippen LogP) is 4.12. The van der Waals surface area contributed by atoms with Gasteiger partial charge in [0, 0.05) is 15.8 Å². The summed E-state index contributed by atoms with van der Waals surface area (Å²) in [6.45, 7) is 4.42. The topological polar surface area (TPSA) is 67.4 Å². The van der Waals surface area contributed by atoms with Gasteiger partial charge in [0.1, 0.15) is 12.2 Å². The Labute approximate surface area is 149 Å². The molecule has 0 saturated heterocycles. The first-order chi connectivity index (χ1) is 11.5. The van der Waals surface area contributed by atoms with Gasteiger partial charge in [0.2, 0.25) is 11.8 Å². The van der Waals surface area contributed by atoms with E-state index >= 15 is 0 Å². The van der Waals surface area contributed by atoms with Crippen molar-refractivity contribution in [3.8, 4) is 5.75 Å². The number of ether oxygens (including phenoxy) is 1. The second-order valence-electron chi connectivity index (χ2n) is 5.19. The zero-order valence-corrected chi connectivity index (χ0v) is 15.1. The van der Waals surface area contributed by atoms with Gasteiger partial charge in [-0.1, -0.05) is 15.9 Å². The fourth-order valence-corrected chi connectivity index (χ4v) is 2.33. The Hall–Kier alpha value is -2.34.